The first-order chi connectivity index (χ1) is 14.2. The van der Waals surface area contributed by atoms with Crippen molar-refractivity contribution in [3.63, 3.8) is 0 Å². The molecule has 2 atom stereocenters. The third kappa shape index (κ3) is 3.30. The van der Waals surface area contributed by atoms with Crippen LogP contribution < -0.4 is 15.8 Å². The number of nitrogens with one attached hydrogen (secondary N) is 2. The number of fused-ring (bicyclic) bond motifs is 1. The highest BCUT2D eigenvalue weighted by atomic mass is 16.5. The molecule has 1 aromatic carbocycles. The molecule has 0 radical (unpaired) electrons. The van der Waals surface area contributed by atoms with Gasteiger partial charge < -0.3 is 10.1 Å². The third-order valence-corrected chi connectivity index (χ3v) is 5.12. The van der Waals surface area contributed by atoms with Crippen molar-refractivity contribution in [3.05, 3.63) is 46.8 Å². The van der Waals surface area contributed by atoms with E-state index in [-0.39, 0.29) is 12.0 Å². The van der Waals surface area contributed by atoms with Crippen LogP contribution in [0.4, 0.5) is 5.95 Å². The lowest BCUT2D eigenvalue weighted by Gasteiger charge is -2.12. The second-order valence-electron chi connectivity index (χ2n) is 6.93. The van der Waals surface area contributed by atoms with Crippen molar-refractivity contribution in [1.82, 2.24) is 35.1 Å². The van der Waals surface area contributed by atoms with E-state index in [9.17, 15) is 4.79 Å². The van der Waals surface area contributed by atoms with E-state index in [2.05, 4.69) is 40.3 Å². The van der Waals surface area contributed by atoms with Gasteiger partial charge >= 0.3 is 5.76 Å². The molecule has 0 spiro atoms. The van der Waals surface area contributed by atoms with Crippen LogP contribution in [0.3, 0.4) is 0 Å². The van der Waals surface area contributed by atoms with Gasteiger partial charge in [0.2, 0.25) is 5.95 Å². The van der Waals surface area contributed by atoms with Crippen molar-refractivity contribution in [2.24, 2.45) is 0 Å². The van der Waals surface area contributed by atoms with Crippen LogP contribution in [-0.2, 0) is 0 Å². The number of H-pyrrole nitrogens is 1. The van der Waals surface area contributed by atoms with E-state index in [4.69, 9.17) is 4.74 Å². The first-order valence-electron chi connectivity index (χ1n) is 9.25. The highest BCUT2D eigenvalue weighted by Crippen LogP contribution is 2.33. The van der Waals surface area contributed by atoms with Crippen LogP contribution in [0, 0.1) is 0 Å². The molecular weight excluding hydrogens is 376 g/mol. The summed E-state index contributed by atoms with van der Waals surface area (Å²) in [6.07, 6.45) is 4.27. The van der Waals surface area contributed by atoms with Gasteiger partial charge in [-0.15, -0.1) is 5.10 Å². The highest BCUT2D eigenvalue weighted by molar-refractivity contribution is 5.72. The number of hydrogen-bond acceptors (Lipinski definition) is 9. The van der Waals surface area contributed by atoms with Crippen LogP contribution in [0.25, 0.3) is 16.9 Å². The standard InChI is InChI=1S/C18H18N8O3/c1-28-13-6-4-12(5-7-13)26-16-14(23-25-26)9-19-17(22-16)20-11-3-2-10(8-11)15-21-18(27)29-24-15/h4-7,9-11H,2-3,8H2,1H3,(H,19,20,22)(H,21,24,27)/t10-,11?/m0/s1. The largest absolute Gasteiger partial charge is 0.497 e. The molecule has 2 N–H and O–H groups in total. The van der Waals surface area contributed by atoms with Gasteiger partial charge in [-0.2, -0.15) is 9.67 Å². The summed E-state index contributed by atoms with van der Waals surface area (Å²) >= 11 is 0. The van der Waals surface area contributed by atoms with Crippen LogP contribution in [0.2, 0.25) is 0 Å². The summed E-state index contributed by atoms with van der Waals surface area (Å²) in [5.41, 5.74) is 2.05. The Hall–Kier alpha value is -3.76. The second-order valence-corrected chi connectivity index (χ2v) is 6.93. The summed E-state index contributed by atoms with van der Waals surface area (Å²) in [4.78, 5) is 22.8. The summed E-state index contributed by atoms with van der Waals surface area (Å²) in [5.74, 6) is 1.49. The van der Waals surface area contributed by atoms with Crippen molar-refractivity contribution in [2.45, 2.75) is 31.2 Å². The molecular formula is C18H18N8O3. The van der Waals surface area contributed by atoms with Gasteiger partial charge in [0.15, 0.2) is 17.0 Å². The maximum absolute atomic E-state index is 11.2. The average molecular weight is 394 g/mol. The Balaban J connectivity index is 1.36. The number of rotatable bonds is 5. The van der Waals surface area contributed by atoms with Gasteiger partial charge in [0.25, 0.3) is 0 Å². The van der Waals surface area contributed by atoms with Crippen LogP contribution >= 0.6 is 0 Å². The van der Waals surface area contributed by atoms with E-state index >= 15 is 0 Å². The number of ether oxygens (including phenoxy) is 1. The molecule has 1 fully saturated rings. The van der Waals surface area contributed by atoms with Gasteiger partial charge in [0.1, 0.15) is 5.75 Å². The quantitative estimate of drug-likeness (QED) is 0.517. The minimum atomic E-state index is -0.524. The van der Waals surface area contributed by atoms with E-state index in [1.54, 1.807) is 18.0 Å². The minimum Gasteiger partial charge on any atom is -0.497 e. The second kappa shape index (κ2) is 7.00. The van der Waals surface area contributed by atoms with Crippen molar-refractivity contribution < 1.29 is 9.26 Å². The monoisotopic (exact) mass is 394 g/mol. The Morgan fingerprint density at radius 2 is 2.14 bits per heavy atom. The third-order valence-electron chi connectivity index (χ3n) is 5.12. The lowest BCUT2D eigenvalue weighted by Crippen LogP contribution is -2.17. The smallest absolute Gasteiger partial charge is 0.438 e. The van der Waals surface area contributed by atoms with Crippen molar-refractivity contribution >= 4 is 17.1 Å². The van der Waals surface area contributed by atoms with E-state index in [0.717, 1.165) is 30.7 Å². The topological polar surface area (TPSA) is 137 Å². The molecule has 29 heavy (non-hydrogen) atoms. The normalized spacial score (nSPS) is 18.9. The molecule has 3 aromatic heterocycles. The van der Waals surface area contributed by atoms with Gasteiger partial charge in [0.05, 0.1) is 19.0 Å². The van der Waals surface area contributed by atoms with Gasteiger partial charge in [0, 0.05) is 12.0 Å². The van der Waals surface area contributed by atoms with Crippen LogP contribution in [0.1, 0.15) is 31.0 Å². The molecule has 0 amide bonds. The van der Waals surface area contributed by atoms with Crippen molar-refractivity contribution in [1.29, 1.82) is 0 Å². The molecule has 3 heterocycles. The van der Waals surface area contributed by atoms with Crippen molar-refractivity contribution in [2.75, 3.05) is 12.4 Å². The van der Waals surface area contributed by atoms with E-state index in [0.29, 0.717) is 22.9 Å². The number of aromatic nitrogens is 7. The SMILES string of the molecule is COc1ccc(-n2nnc3cnc(NC4CC[C@H](c5noc(=O)[nH]5)C4)nc32)cc1. The Bertz CT molecular complexity index is 1200. The molecule has 1 saturated carbocycles. The molecule has 0 bridgehead atoms. The Morgan fingerprint density at radius 1 is 1.28 bits per heavy atom. The first kappa shape index (κ1) is 17.3. The summed E-state index contributed by atoms with van der Waals surface area (Å²) < 4.78 is 11.5. The fourth-order valence-electron chi connectivity index (χ4n) is 3.66. The molecule has 1 aliphatic carbocycles. The maximum atomic E-state index is 11.2. The fourth-order valence-corrected chi connectivity index (χ4v) is 3.66. The van der Waals surface area contributed by atoms with Gasteiger partial charge in [-0.1, -0.05) is 10.4 Å². The summed E-state index contributed by atoms with van der Waals surface area (Å²) in [6, 6.07) is 7.67. The lowest BCUT2D eigenvalue weighted by molar-refractivity contribution is 0.377. The zero-order valence-corrected chi connectivity index (χ0v) is 15.6. The number of nitrogens with zero attached hydrogens (tertiary/aromatic N) is 6. The van der Waals surface area contributed by atoms with Crippen LogP contribution in [0.5, 0.6) is 5.75 Å². The molecule has 5 rings (SSSR count). The van der Waals surface area contributed by atoms with Crippen LogP contribution in [0.15, 0.2) is 39.8 Å². The predicted octanol–water partition coefficient (Wildman–Crippen LogP) is 1.64. The number of methoxy groups -OCH3 is 1. The minimum absolute atomic E-state index is 0.147. The number of anilines is 1. The zero-order valence-electron chi connectivity index (χ0n) is 15.6. The zero-order chi connectivity index (χ0) is 19.8. The van der Waals surface area contributed by atoms with E-state index in [1.165, 1.54) is 0 Å². The molecule has 0 aliphatic heterocycles. The fraction of sp³-hybridized carbons (Fsp3) is 0.333. The number of benzene rings is 1. The molecule has 148 valence electrons. The maximum Gasteiger partial charge on any atom is 0.438 e. The molecule has 1 unspecified atom stereocenters. The van der Waals surface area contributed by atoms with Gasteiger partial charge in [-0.25, -0.2) is 9.78 Å². The molecule has 4 aromatic rings. The highest BCUT2D eigenvalue weighted by Gasteiger charge is 2.29. The van der Waals surface area contributed by atoms with E-state index in [1.807, 2.05) is 24.3 Å². The summed E-state index contributed by atoms with van der Waals surface area (Å²) in [5, 5.41) is 15.5. The van der Waals surface area contributed by atoms with Crippen molar-refractivity contribution in [3.8, 4) is 11.4 Å². The molecule has 1 aliphatic rings. The first-order valence-corrected chi connectivity index (χ1v) is 9.25. The van der Waals surface area contributed by atoms with E-state index < -0.39 is 5.76 Å². The molecule has 0 saturated heterocycles. The van der Waals surface area contributed by atoms with Gasteiger partial charge in [-0.05, 0) is 43.5 Å². The lowest BCUT2D eigenvalue weighted by atomic mass is 10.1. The number of hydrogen-bond donors (Lipinski definition) is 2. The van der Waals surface area contributed by atoms with Gasteiger partial charge in [-0.3, -0.25) is 9.51 Å². The number of aromatic amines is 1. The molecule has 11 nitrogen and oxygen atoms in total. The predicted molar refractivity (Wildman–Crippen MR) is 102 cm³/mol. The average Bonchev–Trinajstić information content (AvgIpc) is 3.47. The Labute approximate surface area is 164 Å². The van der Waals surface area contributed by atoms with Crippen LogP contribution in [-0.4, -0.2) is 48.3 Å². The Morgan fingerprint density at radius 3 is 2.90 bits per heavy atom. The Kier molecular flexibility index (Phi) is 4.19. The summed E-state index contributed by atoms with van der Waals surface area (Å²) in [7, 11) is 1.62. The summed E-state index contributed by atoms with van der Waals surface area (Å²) in [6.45, 7) is 0. The molecule has 11 heteroatoms.